The zero-order valence-electron chi connectivity index (χ0n) is 16.5. The van der Waals surface area contributed by atoms with Crippen LogP contribution in [0, 0.1) is 18.8 Å². The van der Waals surface area contributed by atoms with Crippen molar-refractivity contribution in [2.24, 2.45) is 11.8 Å². The second-order valence-electron chi connectivity index (χ2n) is 8.93. The van der Waals surface area contributed by atoms with Crippen molar-refractivity contribution < 1.29 is 13.2 Å². The Hall–Kier alpha value is -2.47. The summed E-state index contributed by atoms with van der Waals surface area (Å²) < 4.78 is 36.1. The van der Waals surface area contributed by atoms with E-state index in [4.69, 9.17) is 4.74 Å². The largest absolute Gasteiger partial charge is 0.365 e. The third kappa shape index (κ3) is 1.92. The third-order valence-corrected chi connectivity index (χ3v) is 9.43. The van der Waals surface area contributed by atoms with E-state index < -0.39 is 10.0 Å². The number of benzene rings is 3. The zero-order chi connectivity index (χ0) is 20.2. The summed E-state index contributed by atoms with van der Waals surface area (Å²) in [5.41, 5.74) is 5.82. The predicted octanol–water partition coefficient (Wildman–Crippen LogP) is 4.85. The monoisotopic (exact) mass is 415 g/mol. The van der Waals surface area contributed by atoms with Crippen molar-refractivity contribution in [1.82, 2.24) is 4.31 Å². The van der Waals surface area contributed by atoms with Crippen molar-refractivity contribution in [3.63, 3.8) is 0 Å². The first-order valence-electron chi connectivity index (χ1n) is 10.5. The van der Waals surface area contributed by atoms with E-state index in [0.717, 1.165) is 16.7 Å². The van der Waals surface area contributed by atoms with Gasteiger partial charge in [-0.1, -0.05) is 66.2 Å². The average molecular weight is 416 g/mol. The highest BCUT2D eigenvalue weighted by atomic mass is 32.2. The van der Waals surface area contributed by atoms with Crippen molar-refractivity contribution in [3.05, 3.63) is 101 Å². The van der Waals surface area contributed by atoms with Crippen LogP contribution < -0.4 is 0 Å². The molecule has 7 rings (SSSR count). The highest BCUT2D eigenvalue weighted by Crippen LogP contribution is 2.74. The lowest BCUT2D eigenvalue weighted by Gasteiger charge is -2.32. The number of ether oxygens (including phenoxy) is 1. The highest BCUT2D eigenvalue weighted by molar-refractivity contribution is 7.89. The maximum absolute atomic E-state index is 13.9. The van der Waals surface area contributed by atoms with Gasteiger partial charge in [0.2, 0.25) is 10.0 Å². The topological polar surface area (TPSA) is 46.6 Å². The van der Waals surface area contributed by atoms with Gasteiger partial charge in [0.05, 0.1) is 29.2 Å². The number of aryl methyl sites for hydroxylation is 1. The molecule has 0 radical (unpaired) electrons. The molecule has 0 saturated carbocycles. The lowest BCUT2D eigenvalue weighted by molar-refractivity contribution is 0.0332. The molecule has 0 amide bonds. The van der Waals surface area contributed by atoms with Gasteiger partial charge in [-0.15, -0.1) is 0 Å². The maximum atomic E-state index is 13.9. The minimum Gasteiger partial charge on any atom is -0.365 e. The van der Waals surface area contributed by atoms with E-state index in [-0.39, 0.29) is 36.1 Å². The van der Waals surface area contributed by atoms with Crippen LogP contribution in [-0.2, 0) is 14.8 Å². The number of sulfonamides is 1. The van der Waals surface area contributed by atoms with Crippen molar-refractivity contribution >= 4 is 10.0 Å². The zero-order valence-corrected chi connectivity index (χ0v) is 17.3. The quantitative estimate of drug-likeness (QED) is 0.601. The lowest BCUT2D eigenvalue weighted by Crippen LogP contribution is -2.30. The molecule has 4 nitrogen and oxygen atoms in total. The SMILES string of the molecule is Cc1ccc(S(=O)(=O)N2[C@@H]3c4ccccc4[C@H]2[C@@H]2[C@H]3[C@@H]3O[C@H]2c2ccccc23)cc1. The van der Waals surface area contributed by atoms with Gasteiger partial charge in [0.25, 0.3) is 0 Å². The Morgan fingerprint density at radius 3 is 1.67 bits per heavy atom. The molecule has 0 unspecified atom stereocenters. The van der Waals surface area contributed by atoms with Gasteiger partial charge in [0, 0.05) is 11.8 Å². The first kappa shape index (κ1) is 17.2. The second-order valence-corrected chi connectivity index (χ2v) is 10.8. The Morgan fingerprint density at radius 1 is 0.700 bits per heavy atom. The van der Waals surface area contributed by atoms with Gasteiger partial charge in [-0.25, -0.2) is 8.42 Å². The molecule has 2 fully saturated rings. The van der Waals surface area contributed by atoms with Gasteiger partial charge in [-0.2, -0.15) is 4.31 Å². The fourth-order valence-corrected chi connectivity index (χ4v) is 8.30. The summed E-state index contributed by atoms with van der Waals surface area (Å²) in [7, 11) is -3.63. The van der Waals surface area contributed by atoms with Gasteiger partial charge in [-0.05, 0) is 41.3 Å². The van der Waals surface area contributed by atoms with Crippen molar-refractivity contribution in [3.8, 4) is 0 Å². The average Bonchev–Trinajstić information content (AvgIpc) is 3.49. The Balaban J connectivity index is 1.42. The molecule has 30 heavy (non-hydrogen) atoms. The second kappa shape index (κ2) is 5.61. The van der Waals surface area contributed by atoms with Crippen LogP contribution in [-0.4, -0.2) is 12.7 Å². The number of nitrogens with zero attached hydrogens (tertiary/aromatic N) is 1. The fraction of sp³-hybridized carbons (Fsp3) is 0.280. The van der Waals surface area contributed by atoms with E-state index in [0.29, 0.717) is 4.90 Å². The summed E-state index contributed by atoms with van der Waals surface area (Å²) in [6.45, 7) is 1.97. The Bertz CT molecular complexity index is 1240. The summed E-state index contributed by atoms with van der Waals surface area (Å²) in [4.78, 5) is 0.377. The van der Waals surface area contributed by atoms with Crippen LogP contribution in [0.5, 0.6) is 0 Å². The molecule has 150 valence electrons. The smallest absolute Gasteiger partial charge is 0.244 e. The molecule has 4 heterocycles. The molecule has 4 aliphatic rings. The first-order chi connectivity index (χ1) is 14.6. The number of hydrogen-bond donors (Lipinski definition) is 0. The summed E-state index contributed by atoms with van der Waals surface area (Å²) >= 11 is 0. The minimum atomic E-state index is -3.63. The standard InChI is InChI=1S/C25H21NO3S/c1-14-10-12-15(13-11-14)30(27,28)26-22-16-6-2-3-7-17(16)23(26)21-20(22)24-18-8-4-5-9-19(18)25(21)29-24/h2-13,20-25H,1H3/t20-,21+,22-,23+,24-,25+. The molecular weight excluding hydrogens is 394 g/mol. The molecule has 0 N–H and O–H groups in total. The van der Waals surface area contributed by atoms with Crippen molar-refractivity contribution in [2.75, 3.05) is 0 Å². The van der Waals surface area contributed by atoms with Crippen LogP contribution in [0.3, 0.4) is 0 Å². The molecule has 4 bridgehead atoms. The minimum absolute atomic E-state index is 0.0322. The third-order valence-electron chi connectivity index (χ3n) is 7.55. The molecule has 4 aliphatic heterocycles. The van der Waals surface area contributed by atoms with E-state index in [1.165, 1.54) is 11.1 Å². The van der Waals surface area contributed by atoms with Crippen LogP contribution in [0.2, 0.25) is 0 Å². The number of rotatable bonds is 2. The van der Waals surface area contributed by atoms with Crippen LogP contribution in [0.15, 0.2) is 77.7 Å². The van der Waals surface area contributed by atoms with Crippen LogP contribution in [0.25, 0.3) is 0 Å². The number of hydrogen-bond acceptors (Lipinski definition) is 3. The molecule has 3 aromatic carbocycles. The fourth-order valence-electron chi connectivity index (χ4n) is 6.47. The maximum Gasteiger partial charge on any atom is 0.244 e. The summed E-state index contributed by atoms with van der Waals surface area (Å²) in [6.07, 6.45) is -0.0643. The van der Waals surface area contributed by atoms with Crippen LogP contribution in [0.4, 0.5) is 0 Å². The normalized spacial score (nSPS) is 32.8. The van der Waals surface area contributed by atoms with E-state index in [1.807, 2.05) is 35.5 Å². The van der Waals surface area contributed by atoms with E-state index in [2.05, 4.69) is 36.4 Å². The van der Waals surface area contributed by atoms with E-state index in [9.17, 15) is 8.42 Å². The summed E-state index contributed by atoms with van der Waals surface area (Å²) in [5.74, 6) is 0.315. The molecule has 5 heteroatoms. The Kier molecular flexibility index (Phi) is 3.22. The van der Waals surface area contributed by atoms with Crippen LogP contribution in [0.1, 0.15) is 52.1 Å². The first-order valence-corrected chi connectivity index (χ1v) is 11.9. The predicted molar refractivity (Wildman–Crippen MR) is 112 cm³/mol. The molecule has 0 spiro atoms. The van der Waals surface area contributed by atoms with Gasteiger partial charge >= 0.3 is 0 Å². The molecule has 3 aromatic rings. The van der Waals surface area contributed by atoms with Gasteiger partial charge in [-0.3, -0.25) is 0 Å². The van der Waals surface area contributed by atoms with Crippen molar-refractivity contribution in [2.45, 2.75) is 36.1 Å². The molecular formula is C25H21NO3S. The van der Waals surface area contributed by atoms with Gasteiger partial charge in [0.1, 0.15) is 0 Å². The molecule has 2 saturated heterocycles. The Morgan fingerprint density at radius 2 is 1.17 bits per heavy atom. The molecule has 0 aromatic heterocycles. The lowest BCUT2D eigenvalue weighted by atomic mass is 9.67. The van der Waals surface area contributed by atoms with Gasteiger partial charge in [0.15, 0.2) is 0 Å². The highest BCUT2D eigenvalue weighted by Gasteiger charge is 2.69. The Labute approximate surface area is 176 Å². The molecule has 0 aliphatic carbocycles. The van der Waals surface area contributed by atoms with E-state index >= 15 is 0 Å². The van der Waals surface area contributed by atoms with Crippen LogP contribution >= 0.6 is 0 Å². The number of fused-ring (bicyclic) bond motifs is 15. The molecule has 6 atom stereocenters. The summed E-state index contributed by atoms with van der Waals surface area (Å²) in [6, 6.07) is 23.5. The van der Waals surface area contributed by atoms with Crippen molar-refractivity contribution in [1.29, 1.82) is 0 Å². The van der Waals surface area contributed by atoms with Gasteiger partial charge < -0.3 is 4.74 Å². The van der Waals surface area contributed by atoms with E-state index in [1.54, 1.807) is 12.1 Å². The summed E-state index contributed by atoms with van der Waals surface area (Å²) in [5, 5.41) is 0.